The van der Waals surface area contributed by atoms with Crippen molar-refractivity contribution in [2.24, 2.45) is 0 Å². The topological polar surface area (TPSA) is 54.4 Å². The lowest BCUT2D eigenvalue weighted by molar-refractivity contribution is 0.338. The van der Waals surface area contributed by atoms with Crippen molar-refractivity contribution in [1.82, 2.24) is 4.98 Å². The van der Waals surface area contributed by atoms with E-state index in [1.54, 1.807) is 18.3 Å². The third-order valence-electron chi connectivity index (χ3n) is 2.99. The maximum atomic E-state index is 9.40. The molecule has 18 heavy (non-hydrogen) atoms. The predicted octanol–water partition coefficient (Wildman–Crippen LogP) is 2.64. The fraction of sp³-hybridized carbons (Fsp3) is 0.214. The number of phenols is 1. The number of phenolic OH excluding ortho intramolecular Hbond substituents is 1. The first-order chi connectivity index (χ1) is 8.72. The van der Waals surface area contributed by atoms with Crippen LogP contribution in [0.25, 0.3) is 0 Å². The maximum absolute atomic E-state index is 9.40. The minimum atomic E-state index is 0.101. The van der Waals surface area contributed by atoms with Crippen molar-refractivity contribution in [1.29, 1.82) is 0 Å². The molecule has 2 aromatic rings. The number of aromatic hydroxyl groups is 1. The molecule has 1 aliphatic heterocycles. The van der Waals surface area contributed by atoms with Crippen molar-refractivity contribution in [3.8, 4) is 11.5 Å². The van der Waals surface area contributed by atoms with E-state index >= 15 is 0 Å². The molecule has 0 fully saturated rings. The second kappa shape index (κ2) is 4.22. The van der Waals surface area contributed by atoms with Crippen LogP contribution in [0.5, 0.6) is 11.5 Å². The molecule has 0 radical (unpaired) electrons. The number of aromatic nitrogens is 1. The highest BCUT2D eigenvalue weighted by Gasteiger charge is 2.24. The van der Waals surface area contributed by atoms with Crippen molar-refractivity contribution < 1.29 is 9.84 Å². The van der Waals surface area contributed by atoms with Crippen molar-refractivity contribution in [3.63, 3.8) is 0 Å². The number of hydrogen-bond acceptors (Lipinski definition) is 4. The number of nitrogens with zero attached hydrogens (tertiary/aromatic N) is 1. The Labute approximate surface area is 105 Å². The number of anilines is 1. The van der Waals surface area contributed by atoms with Crippen molar-refractivity contribution >= 4 is 5.69 Å². The Morgan fingerprint density at radius 2 is 2.22 bits per heavy atom. The molecular formula is C14H14N2O2. The van der Waals surface area contributed by atoms with Crippen LogP contribution in [0.2, 0.25) is 0 Å². The third kappa shape index (κ3) is 1.97. The lowest BCUT2D eigenvalue weighted by Crippen LogP contribution is -2.12. The van der Waals surface area contributed by atoms with Crippen LogP contribution in [0.15, 0.2) is 36.7 Å². The van der Waals surface area contributed by atoms with Gasteiger partial charge in [0.25, 0.3) is 0 Å². The Morgan fingerprint density at radius 1 is 1.33 bits per heavy atom. The van der Waals surface area contributed by atoms with Crippen LogP contribution in [0.1, 0.15) is 17.2 Å². The zero-order valence-electron chi connectivity index (χ0n) is 10.1. The number of ether oxygens (including phenoxy) is 1. The normalized spacial score (nSPS) is 17.1. The summed E-state index contributed by atoms with van der Waals surface area (Å²) in [6.45, 7) is 2.57. The molecule has 1 unspecified atom stereocenters. The highest BCUT2D eigenvalue weighted by molar-refractivity contribution is 5.51. The van der Waals surface area contributed by atoms with Crippen LogP contribution < -0.4 is 10.1 Å². The van der Waals surface area contributed by atoms with E-state index in [0.717, 1.165) is 22.6 Å². The molecule has 0 aliphatic carbocycles. The molecular weight excluding hydrogens is 228 g/mol. The molecule has 0 saturated heterocycles. The molecule has 0 spiro atoms. The summed E-state index contributed by atoms with van der Waals surface area (Å²) in [5.41, 5.74) is 3.16. The van der Waals surface area contributed by atoms with Crippen molar-refractivity contribution in [2.75, 3.05) is 11.9 Å². The summed E-state index contributed by atoms with van der Waals surface area (Å²) in [4.78, 5) is 4.15. The maximum Gasteiger partial charge on any atom is 0.128 e. The fourth-order valence-electron chi connectivity index (χ4n) is 2.15. The van der Waals surface area contributed by atoms with Gasteiger partial charge in [0, 0.05) is 24.0 Å². The van der Waals surface area contributed by atoms with Gasteiger partial charge in [0.15, 0.2) is 0 Å². The van der Waals surface area contributed by atoms with Crippen LogP contribution >= 0.6 is 0 Å². The van der Waals surface area contributed by atoms with Crippen LogP contribution in [0, 0.1) is 6.92 Å². The highest BCUT2D eigenvalue weighted by Crippen LogP contribution is 2.36. The molecule has 4 heteroatoms. The first kappa shape index (κ1) is 10.9. The standard InChI is InChI=1S/C14H14N2O2/c1-9-4-10(7-15-6-9)16-13-8-18-14-5-11(17)2-3-12(13)14/h2-7,13,16-17H,8H2,1H3. The monoisotopic (exact) mass is 242 g/mol. The van der Waals surface area contributed by atoms with Gasteiger partial charge in [-0.25, -0.2) is 0 Å². The third-order valence-corrected chi connectivity index (χ3v) is 2.99. The number of benzene rings is 1. The van der Waals surface area contributed by atoms with Crippen LogP contribution in [-0.2, 0) is 0 Å². The zero-order chi connectivity index (χ0) is 12.5. The quantitative estimate of drug-likeness (QED) is 0.850. The molecule has 1 aromatic heterocycles. The van der Waals surface area contributed by atoms with Gasteiger partial charge in [-0.1, -0.05) is 0 Å². The van der Waals surface area contributed by atoms with Gasteiger partial charge in [-0.3, -0.25) is 4.98 Å². The first-order valence-electron chi connectivity index (χ1n) is 5.86. The number of aryl methyl sites for hydroxylation is 1. The summed E-state index contributed by atoms with van der Waals surface area (Å²) in [7, 11) is 0. The Morgan fingerprint density at radius 3 is 3.06 bits per heavy atom. The minimum absolute atomic E-state index is 0.101. The number of rotatable bonds is 2. The molecule has 4 nitrogen and oxygen atoms in total. The molecule has 0 amide bonds. The molecule has 2 heterocycles. The van der Waals surface area contributed by atoms with Gasteiger partial charge in [0.05, 0.1) is 11.7 Å². The summed E-state index contributed by atoms with van der Waals surface area (Å²) < 4.78 is 5.55. The molecule has 0 bridgehead atoms. The van der Waals surface area contributed by atoms with Crippen LogP contribution in [0.3, 0.4) is 0 Å². The summed E-state index contributed by atoms with van der Waals surface area (Å²) in [6.07, 6.45) is 3.62. The predicted molar refractivity (Wildman–Crippen MR) is 68.9 cm³/mol. The highest BCUT2D eigenvalue weighted by atomic mass is 16.5. The smallest absolute Gasteiger partial charge is 0.128 e. The Bertz CT molecular complexity index is 584. The van der Waals surface area contributed by atoms with Gasteiger partial charge < -0.3 is 15.2 Å². The molecule has 92 valence electrons. The minimum Gasteiger partial charge on any atom is -0.508 e. The van der Waals surface area contributed by atoms with Gasteiger partial charge in [0.2, 0.25) is 0 Å². The molecule has 1 aromatic carbocycles. The van der Waals surface area contributed by atoms with Crippen molar-refractivity contribution in [3.05, 3.63) is 47.8 Å². The van der Waals surface area contributed by atoms with Gasteiger partial charge in [0.1, 0.15) is 18.1 Å². The summed E-state index contributed by atoms with van der Waals surface area (Å²) in [5.74, 6) is 0.972. The van der Waals surface area contributed by atoms with Crippen LogP contribution in [0.4, 0.5) is 5.69 Å². The Balaban J connectivity index is 1.85. The number of fused-ring (bicyclic) bond motifs is 1. The summed E-state index contributed by atoms with van der Waals surface area (Å²) in [5, 5.41) is 12.8. The molecule has 1 aliphatic rings. The van der Waals surface area contributed by atoms with Crippen LogP contribution in [-0.4, -0.2) is 16.7 Å². The van der Waals surface area contributed by atoms with E-state index in [0.29, 0.717) is 6.61 Å². The second-order valence-electron chi connectivity index (χ2n) is 4.48. The molecule has 2 N–H and O–H groups in total. The average molecular weight is 242 g/mol. The van der Waals surface area contributed by atoms with E-state index in [2.05, 4.69) is 10.3 Å². The van der Waals surface area contributed by atoms with E-state index in [-0.39, 0.29) is 11.8 Å². The van der Waals surface area contributed by atoms with Gasteiger partial charge in [-0.2, -0.15) is 0 Å². The first-order valence-corrected chi connectivity index (χ1v) is 5.86. The van der Waals surface area contributed by atoms with Gasteiger partial charge >= 0.3 is 0 Å². The lowest BCUT2D eigenvalue weighted by Gasteiger charge is -2.13. The van der Waals surface area contributed by atoms with Gasteiger partial charge in [-0.05, 0) is 30.7 Å². The molecule has 3 rings (SSSR count). The fourth-order valence-corrected chi connectivity index (χ4v) is 2.15. The number of nitrogens with one attached hydrogen (secondary N) is 1. The Kier molecular flexibility index (Phi) is 2.55. The van der Waals surface area contributed by atoms with E-state index < -0.39 is 0 Å². The largest absolute Gasteiger partial charge is 0.508 e. The summed E-state index contributed by atoms with van der Waals surface area (Å²) >= 11 is 0. The van der Waals surface area contributed by atoms with E-state index in [9.17, 15) is 5.11 Å². The molecule has 0 saturated carbocycles. The van der Waals surface area contributed by atoms with Gasteiger partial charge in [-0.15, -0.1) is 0 Å². The molecule has 1 atom stereocenters. The lowest BCUT2D eigenvalue weighted by atomic mass is 10.1. The van der Waals surface area contributed by atoms with E-state index in [1.807, 2.05) is 25.3 Å². The van der Waals surface area contributed by atoms with E-state index in [1.165, 1.54) is 0 Å². The SMILES string of the molecule is Cc1cncc(NC2COc3cc(O)ccc32)c1. The summed E-state index contributed by atoms with van der Waals surface area (Å²) in [6, 6.07) is 7.36. The Hall–Kier alpha value is -2.23. The number of hydrogen-bond donors (Lipinski definition) is 2. The number of pyridine rings is 1. The van der Waals surface area contributed by atoms with Crippen molar-refractivity contribution in [2.45, 2.75) is 13.0 Å². The second-order valence-corrected chi connectivity index (χ2v) is 4.48. The zero-order valence-corrected chi connectivity index (χ0v) is 10.1. The van der Waals surface area contributed by atoms with E-state index in [4.69, 9.17) is 4.74 Å². The average Bonchev–Trinajstić information content (AvgIpc) is 2.72.